The zero-order valence-electron chi connectivity index (χ0n) is 8.33. The van der Waals surface area contributed by atoms with E-state index in [9.17, 15) is 4.79 Å². The lowest BCUT2D eigenvalue weighted by atomic mass is 10.6. The number of nitrogens with two attached hydrogens (primary N) is 1. The molecule has 0 aromatic rings. The molecule has 0 radical (unpaired) electrons. The van der Waals surface area contributed by atoms with E-state index in [-0.39, 0.29) is 6.61 Å². The smallest absolute Gasteiger partial charge is 0.377 e. The van der Waals surface area contributed by atoms with Crippen molar-refractivity contribution in [3.05, 3.63) is 0 Å². The Balaban J connectivity index is 4.12. The summed E-state index contributed by atoms with van der Waals surface area (Å²) in [6.45, 7) is 1.85. The van der Waals surface area contributed by atoms with Crippen molar-refractivity contribution >= 4 is 14.7 Å². The number of rotatable bonds is 7. The van der Waals surface area contributed by atoms with Gasteiger partial charge in [0.2, 0.25) is 5.91 Å². The molecule has 13 heavy (non-hydrogen) atoms. The van der Waals surface area contributed by atoms with Crippen molar-refractivity contribution in [3.8, 4) is 0 Å². The molecule has 0 rings (SSSR count). The highest BCUT2D eigenvalue weighted by Crippen LogP contribution is 2.15. The van der Waals surface area contributed by atoms with E-state index in [4.69, 9.17) is 19.0 Å². The highest BCUT2D eigenvalue weighted by atomic mass is 28.4. The molecule has 0 saturated carbocycles. The monoisotopic (exact) mass is 207 g/mol. The summed E-state index contributed by atoms with van der Waals surface area (Å²) in [5, 5.41) is 0. The number of carbonyl (C=O) groups excluding carboxylic acids is 1. The zero-order chi connectivity index (χ0) is 10.3. The summed E-state index contributed by atoms with van der Waals surface area (Å²) < 4.78 is 15.6. The van der Waals surface area contributed by atoms with Crippen LogP contribution in [0.2, 0.25) is 6.04 Å². The average Bonchev–Trinajstić information content (AvgIpc) is 2.12. The number of hydrogen-bond acceptors (Lipinski definition) is 4. The standard InChI is InChI=1S/C7H17NO4Si/c1-4-5-13(10-2,11-3)12-6-7(8)9/h4-6H2,1-3H3,(H2,8,9). The van der Waals surface area contributed by atoms with Crippen LogP contribution in [-0.2, 0) is 18.1 Å². The maximum absolute atomic E-state index is 10.5. The molecule has 0 aliphatic carbocycles. The van der Waals surface area contributed by atoms with Crippen LogP contribution in [0.1, 0.15) is 13.3 Å². The van der Waals surface area contributed by atoms with E-state index >= 15 is 0 Å². The Hall–Kier alpha value is -0.433. The Morgan fingerprint density at radius 1 is 1.38 bits per heavy atom. The Morgan fingerprint density at radius 2 is 1.92 bits per heavy atom. The summed E-state index contributed by atoms with van der Waals surface area (Å²) in [6.07, 6.45) is 0.882. The quantitative estimate of drug-likeness (QED) is 0.602. The van der Waals surface area contributed by atoms with Gasteiger partial charge in [0.05, 0.1) is 0 Å². The van der Waals surface area contributed by atoms with Gasteiger partial charge in [-0.1, -0.05) is 13.3 Å². The summed E-state index contributed by atoms with van der Waals surface area (Å²) >= 11 is 0. The van der Waals surface area contributed by atoms with Gasteiger partial charge >= 0.3 is 8.80 Å². The Morgan fingerprint density at radius 3 is 2.23 bits per heavy atom. The van der Waals surface area contributed by atoms with Gasteiger partial charge in [0.25, 0.3) is 0 Å². The molecule has 6 heteroatoms. The van der Waals surface area contributed by atoms with Crippen LogP contribution in [-0.4, -0.2) is 35.5 Å². The molecule has 0 aromatic carbocycles. The summed E-state index contributed by atoms with van der Waals surface area (Å²) in [7, 11) is 0.433. The van der Waals surface area contributed by atoms with Crippen LogP contribution in [0.5, 0.6) is 0 Å². The molecular formula is C7H17NO4Si. The summed E-state index contributed by atoms with van der Waals surface area (Å²) in [4.78, 5) is 10.5. The maximum Gasteiger partial charge on any atom is 0.500 e. The first-order valence-corrected chi connectivity index (χ1v) is 6.06. The summed E-state index contributed by atoms with van der Waals surface area (Å²) in [5.41, 5.74) is 4.95. The molecule has 0 fully saturated rings. The highest BCUT2D eigenvalue weighted by Gasteiger charge is 2.38. The average molecular weight is 207 g/mol. The normalized spacial score (nSPS) is 11.6. The Bertz CT molecular complexity index is 161. The lowest BCUT2D eigenvalue weighted by Crippen LogP contribution is -2.45. The minimum atomic E-state index is -2.61. The lowest BCUT2D eigenvalue weighted by Gasteiger charge is -2.25. The first kappa shape index (κ1) is 12.6. The van der Waals surface area contributed by atoms with Gasteiger partial charge in [0.15, 0.2) is 0 Å². The van der Waals surface area contributed by atoms with Gasteiger partial charge in [-0.25, -0.2) is 0 Å². The zero-order valence-corrected chi connectivity index (χ0v) is 9.33. The third-order valence-electron chi connectivity index (χ3n) is 1.61. The molecule has 0 aromatic heterocycles. The Kier molecular flexibility index (Phi) is 5.88. The van der Waals surface area contributed by atoms with Crippen molar-refractivity contribution in [1.82, 2.24) is 0 Å². The fourth-order valence-electron chi connectivity index (χ4n) is 0.965. The number of primary amides is 1. The molecule has 5 nitrogen and oxygen atoms in total. The molecule has 78 valence electrons. The number of carbonyl (C=O) groups is 1. The molecule has 0 heterocycles. The highest BCUT2D eigenvalue weighted by molar-refractivity contribution is 6.60. The number of amides is 1. The predicted octanol–water partition coefficient (Wildman–Crippen LogP) is 0.130. The minimum absolute atomic E-state index is 0.145. The molecule has 0 saturated heterocycles. The molecule has 0 bridgehead atoms. The van der Waals surface area contributed by atoms with E-state index in [2.05, 4.69) is 0 Å². The van der Waals surface area contributed by atoms with E-state index in [0.29, 0.717) is 6.04 Å². The van der Waals surface area contributed by atoms with Gasteiger partial charge < -0.3 is 19.0 Å². The van der Waals surface area contributed by atoms with Crippen molar-refractivity contribution in [2.75, 3.05) is 20.8 Å². The Labute approximate surface area is 79.5 Å². The SMILES string of the molecule is CCC[Si](OC)(OC)OCC(N)=O. The van der Waals surface area contributed by atoms with Crippen LogP contribution < -0.4 is 5.73 Å². The van der Waals surface area contributed by atoms with Crippen molar-refractivity contribution in [2.24, 2.45) is 5.73 Å². The minimum Gasteiger partial charge on any atom is -0.377 e. The molecule has 0 unspecified atom stereocenters. The first-order chi connectivity index (χ1) is 6.10. The second-order valence-electron chi connectivity index (χ2n) is 2.60. The second-order valence-corrected chi connectivity index (χ2v) is 5.57. The van der Waals surface area contributed by atoms with Gasteiger partial charge in [-0.15, -0.1) is 0 Å². The van der Waals surface area contributed by atoms with Gasteiger partial charge in [-0.3, -0.25) is 4.79 Å². The molecule has 0 atom stereocenters. The molecule has 1 amide bonds. The van der Waals surface area contributed by atoms with E-state index in [1.165, 1.54) is 14.2 Å². The van der Waals surface area contributed by atoms with Gasteiger partial charge in [-0.05, 0) is 0 Å². The van der Waals surface area contributed by atoms with Gasteiger partial charge in [-0.2, -0.15) is 0 Å². The fourth-order valence-corrected chi connectivity index (χ4v) is 2.89. The summed E-state index contributed by atoms with van der Waals surface area (Å²) in [5.74, 6) is -0.512. The van der Waals surface area contributed by atoms with E-state index in [1.54, 1.807) is 0 Å². The molecular weight excluding hydrogens is 190 g/mol. The third kappa shape index (κ3) is 4.37. The van der Waals surface area contributed by atoms with Gasteiger partial charge in [0, 0.05) is 20.3 Å². The maximum atomic E-state index is 10.5. The van der Waals surface area contributed by atoms with Crippen LogP contribution >= 0.6 is 0 Å². The fraction of sp³-hybridized carbons (Fsp3) is 0.857. The van der Waals surface area contributed by atoms with Crippen molar-refractivity contribution in [2.45, 2.75) is 19.4 Å². The molecule has 0 spiro atoms. The van der Waals surface area contributed by atoms with Crippen LogP contribution in [0.3, 0.4) is 0 Å². The van der Waals surface area contributed by atoms with Crippen LogP contribution in [0.25, 0.3) is 0 Å². The van der Waals surface area contributed by atoms with E-state index in [0.717, 1.165) is 6.42 Å². The molecule has 0 aliphatic rings. The lowest BCUT2D eigenvalue weighted by molar-refractivity contribution is -0.121. The van der Waals surface area contributed by atoms with Crippen LogP contribution in [0.4, 0.5) is 0 Å². The topological polar surface area (TPSA) is 70.8 Å². The van der Waals surface area contributed by atoms with Crippen molar-refractivity contribution in [3.63, 3.8) is 0 Å². The molecule has 0 aliphatic heterocycles. The number of hydrogen-bond donors (Lipinski definition) is 1. The predicted molar refractivity (Wildman–Crippen MR) is 50.0 cm³/mol. The molecule has 2 N–H and O–H groups in total. The van der Waals surface area contributed by atoms with Crippen molar-refractivity contribution < 1.29 is 18.1 Å². The summed E-state index contributed by atoms with van der Waals surface area (Å²) in [6, 6.07) is 0.688. The van der Waals surface area contributed by atoms with Crippen molar-refractivity contribution in [1.29, 1.82) is 0 Å². The van der Waals surface area contributed by atoms with Crippen LogP contribution in [0.15, 0.2) is 0 Å². The van der Waals surface area contributed by atoms with Gasteiger partial charge in [0.1, 0.15) is 6.61 Å². The first-order valence-electron chi connectivity index (χ1n) is 4.12. The van der Waals surface area contributed by atoms with Crippen LogP contribution in [0, 0.1) is 0 Å². The van der Waals surface area contributed by atoms with E-state index in [1.807, 2.05) is 6.92 Å². The largest absolute Gasteiger partial charge is 0.500 e. The third-order valence-corrected chi connectivity index (χ3v) is 4.55. The second kappa shape index (κ2) is 6.09. The van der Waals surface area contributed by atoms with E-state index < -0.39 is 14.7 Å².